The number of carbonyl (C=O) groups is 1. The van der Waals surface area contributed by atoms with Gasteiger partial charge in [-0.1, -0.05) is 23.4 Å². The monoisotopic (exact) mass is 253 g/mol. The molecule has 3 nitrogen and oxygen atoms in total. The van der Waals surface area contributed by atoms with Crippen LogP contribution in [-0.2, 0) is 5.75 Å². The summed E-state index contributed by atoms with van der Waals surface area (Å²) in [5.41, 5.74) is 0. The predicted molar refractivity (Wildman–Crippen MR) is 62.9 cm³/mol. The van der Waals surface area contributed by atoms with Crippen molar-refractivity contribution >= 4 is 29.6 Å². The second-order valence-corrected chi connectivity index (χ2v) is 4.46. The molecule has 2 rings (SSSR count). The molecule has 0 amide bonds. The van der Waals surface area contributed by atoms with Gasteiger partial charge < -0.3 is 4.42 Å². The summed E-state index contributed by atoms with van der Waals surface area (Å²) < 4.78 is 5.24. The van der Waals surface area contributed by atoms with Gasteiger partial charge in [0.15, 0.2) is 12.0 Å². The number of pyridine rings is 1. The van der Waals surface area contributed by atoms with Crippen molar-refractivity contribution in [2.45, 2.75) is 10.8 Å². The summed E-state index contributed by atoms with van der Waals surface area (Å²) in [5, 5.41) is 1.49. The molecule has 0 aromatic carbocycles. The number of furan rings is 1. The first-order valence-corrected chi connectivity index (χ1v) is 5.92. The van der Waals surface area contributed by atoms with Crippen molar-refractivity contribution in [3.8, 4) is 0 Å². The molecule has 5 heteroatoms. The zero-order valence-corrected chi connectivity index (χ0v) is 9.79. The normalized spacial score (nSPS) is 10.3. The minimum Gasteiger partial charge on any atom is -0.457 e. The molecule has 82 valence electrons. The number of aromatic nitrogens is 1. The summed E-state index contributed by atoms with van der Waals surface area (Å²) in [6.45, 7) is 0. The van der Waals surface area contributed by atoms with Gasteiger partial charge in [-0.2, -0.15) is 0 Å². The Morgan fingerprint density at radius 2 is 2.25 bits per heavy atom. The Bertz CT molecular complexity index is 481. The minimum absolute atomic E-state index is 0.347. The Morgan fingerprint density at radius 1 is 1.38 bits per heavy atom. The molecule has 2 heterocycles. The molecular weight excluding hydrogens is 246 g/mol. The molecule has 0 N–H and O–H groups in total. The maximum absolute atomic E-state index is 10.4. The van der Waals surface area contributed by atoms with Crippen molar-refractivity contribution in [2.75, 3.05) is 0 Å². The third-order valence-electron chi connectivity index (χ3n) is 1.86. The van der Waals surface area contributed by atoms with E-state index in [1.165, 1.54) is 11.8 Å². The molecule has 16 heavy (non-hydrogen) atoms. The van der Waals surface area contributed by atoms with Gasteiger partial charge in [0.25, 0.3) is 0 Å². The van der Waals surface area contributed by atoms with E-state index >= 15 is 0 Å². The Morgan fingerprint density at radius 3 is 2.88 bits per heavy atom. The highest BCUT2D eigenvalue weighted by molar-refractivity contribution is 7.98. The summed E-state index contributed by atoms with van der Waals surface area (Å²) >= 11 is 7.25. The molecule has 0 aliphatic heterocycles. The molecule has 0 atom stereocenters. The van der Waals surface area contributed by atoms with Crippen molar-refractivity contribution < 1.29 is 9.21 Å². The number of aldehydes is 1. The highest BCUT2D eigenvalue weighted by atomic mass is 35.5. The third-order valence-corrected chi connectivity index (χ3v) is 3.05. The average Bonchev–Trinajstić information content (AvgIpc) is 2.76. The molecule has 0 bridgehead atoms. The second kappa shape index (κ2) is 5.18. The fourth-order valence-electron chi connectivity index (χ4n) is 1.13. The zero-order valence-electron chi connectivity index (χ0n) is 8.22. The van der Waals surface area contributed by atoms with E-state index < -0.39 is 0 Å². The van der Waals surface area contributed by atoms with E-state index in [4.69, 9.17) is 16.0 Å². The van der Waals surface area contributed by atoms with Crippen molar-refractivity contribution in [3.05, 3.63) is 47.0 Å². The Kier molecular flexibility index (Phi) is 3.64. The lowest BCUT2D eigenvalue weighted by Crippen LogP contribution is -1.80. The highest BCUT2D eigenvalue weighted by Crippen LogP contribution is 2.22. The van der Waals surface area contributed by atoms with Crippen LogP contribution in [0.5, 0.6) is 0 Å². The Balaban J connectivity index is 1.96. The first kappa shape index (κ1) is 11.2. The van der Waals surface area contributed by atoms with Gasteiger partial charge in [0.05, 0.1) is 15.8 Å². The van der Waals surface area contributed by atoms with E-state index in [-0.39, 0.29) is 0 Å². The maximum Gasteiger partial charge on any atom is 0.185 e. The summed E-state index contributed by atoms with van der Waals surface area (Å²) in [5.74, 6) is 1.74. The molecule has 0 fully saturated rings. The van der Waals surface area contributed by atoms with Gasteiger partial charge in [0.1, 0.15) is 5.76 Å². The first-order chi connectivity index (χ1) is 7.78. The number of thioether (sulfide) groups is 1. The van der Waals surface area contributed by atoms with Crippen LogP contribution in [-0.4, -0.2) is 11.3 Å². The standard InChI is InChI=1S/C11H8ClNO2S/c12-8-1-4-11(13-5-8)16-7-10-3-2-9(6-14)15-10/h1-6H,7H2. The lowest BCUT2D eigenvalue weighted by atomic mass is 10.4. The highest BCUT2D eigenvalue weighted by Gasteiger charge is 2.02. The zero-order chi connectivity index (χ0) is 11.4. The predicted octanol–water partition coefficient (Wildman–Crippen LogP) is 3.43. The largest absolute Gasteiger partial charge is 0.457 e. The van der Waals surface area contributed by atoms with E-state index in [0.717, 1.165) is 10.8 Å². The lowest BCUT2D eigenvalue weighted by Gasteiger charge is -1.98. The quantitative estimate of drug-likeness (QED) is 0.618. The summed E-state index contributed by atoms with van der Waals surface area (Å²) in [6, 6.07) is 7.07. The van der Waals surface area contributed by atoms with E-state index in [1.807, 2.05) is 6.07 Å². The van der Waals surface area contributed by atoms with Crippen LogP contribution < -0.4 is 0 Å². The maximum atomic E-state index is 10.4. The van der Waals surface area contributed by atoms with Gasteiger partial charge in [-0.25, -0.2) is 4.98 Å². The molecule has 0 aliphatic carbocycles. The number of rotatable bonds is 4. The molecule has 0 unspecified atom stereocenters. The third kappa shape index (κ3) is 2.87. The minimum atomic E-state index is 0.347. The molecule has 0 aliphatic rings. The molecule has 0 spiro atoms. The lowest BCUT2D eigenvalue weighted by molar-refractivity contribution is 0.109. The fourth-order valence-corrected chi connectivity index (χ4v) is 1.98. The van der Waals surface area contributed by atoms with Gasteiger partial charge in [-0.3, -0.25) is 4.79 Å². The second-order valence-electron chi connectivity index (χ2n) is 3.03. The number of hydrogen-bond donors (Lipinski definition) is 0. The number of nitrogens with zero attached hydrogens (tertiary/aromatic N) is 1. The number of hydrogen-bond acceptors (Lipinski definition) is 4. The molecule has 0 saturated heterocycles. The van der Waals surface area contributed by atoms with Crippen LogP contribution in [0.1, 0.15) is 16.3 Å². The van der Waals surface area contributed by atoms with Gasteiger partial charge in [-0.15, -0.1) is 0 Å². The van der Waals surface area contributed by atoms with Gasteiger partial charge >= 0.3 is 0 Å². The smallest absolute Gasteiger partial charge is 0.185 e. The van der Waals surface area contributed by atoms with Crippen LogP contribution in [0.4, 0.5) is 0 Å². The summed E-state index contributed by atoms with van der Waals surface area (Å²) in [4.78, 5) is 14.5. The summed E-state index contributed by atoms with van der Waals surface area (Å²) in [6.07, 6.45) is 2.29. The fraction of sp³-hybridized carbons (Fsp3) is 0.0909. The van der Waals surface area contributed by atoms with E-state index in [0.29, 0.717) is 22.8 Å². The van der Waals surface area contributed by atoms with Crippen molar-refractivity contribution in [2.24, 2.45) is 0 Å². The van der Waals surface area contributed by atoms with Gasteiger partial charge in [-0.05, 0) is 24.3 Å². The number of halogens is 1. The van der Waals surface area contributed by atoms with Crippen LogP contribution in [0, 0.1) is 0 Å². The van der Waals surface area contributed by atoms with Gasteiger partial charge in [0.2, 0.25) is 0 Å². The van der Waals surface area contributed by atoms with Crippen LogP contribution in [0.25, 0.3) is 0 Å². The molecule has 0 radical (unpaired) electrons. The average molecular weight is 254 g/mol. The van der Waals surface area contributed by atoms with Crippen LogP contribution in [0.2, 0.25) is 5.02 Å². The van der Waals surface area contributed by atoms with Crippen LogP contribution in [0.3, 0.4) is 0 Å². The Labute approximate surface area is 102 Å². The summed E-state index contributed by atoms with van der Waals surface area (Å²) in [7, 11) is 0. The van der Waals surface area contributed by atoms with Crippen molar-refractivity contribution in [1.29, 1.82) is 0 Å². The van der Waals surface area contributed by atoms with E-state index in [2.05, 4.69) is 4.98 Å². The number of carbonyl (C=O) groups excluding carboxylic acids is 1. The van der Waals surface area contributed by atoms with E-state index in [1.54, 1.807) is 24.4 Å². The SMILES string of the molecule is O=Cc1ccc(CSc2ccc(Cl)cn2)o1. The van der Waals surface area contributed by atoms with Crippen LogP contribution in [0.15, 0.2) is 39.9 Å². The van der Waals surface area contributed by atoms with Gasteiger partial charge in [0, 0.05) is 6.20 Å². The first-order valence-electron chi connectivity index (χ1n) is 4.56. The topological polar surface area (TPSA) is 43.1 Å². The molecule has 2 aromatic heterocycles. The molecule has 2 aromatic rings. The van der Waals surface area contributed by atoms with E-state index in [9.17, 15) is 4.79 Å². The van der Waals surface area contributed by atoms with Crippen molar-refractivity contribution in [3.63, 3.8) is 0 Å². The Hall–Kier alpha value is -1.26. The van der Waals surface area contributed by atoms with Crippen molar-refractivity contribution in [1.82, 2.24) is 4.98 Å². The molecular formula is C11H8ClNO2S. The molecule has 0 saturated carbocycles. The van der Waals surface area contributed by atoms with Crippen LogP contribution >= 0.6 is 23.4 Å².